The van der Waals surface area contributed by atoms with Crippen LogP contribution in [0.25, 0.3) is 22.3 Å². The highest BCUT2D eigenvalue weighted by atomic mass is 16.5. The number of hydrogen-bond donors (Lipinski definition) is 0. The first-order chi connectivity index (χ1) is 29.6. The molecule has 0 bridgehead atoms. The average Bonchev–Trinajstić information content (AvgIpc) is 3.30. The van der Waals surface area contributed by atoms with Crippen LogP contribution >= 0.6 is 0 Å². The monoisotopic (exact) mass is 781 g/mol. The minimum absolute atomic E-state index is 0.0360. The number of para-hydroxylation sites is 2. The van der Waals surface area contributed by atoms with E-state index in [2.05, 4.69) is 164 Å². The molecule has 0 aromatic heterocycles. The first-order valence-corrected chi connectivity index (χ1v) is 22.5. The molecule has 0 saturated heterocycles. The summed E-state index contributed by atoms with van der Waals surface area (Å²) in [5.74, 6) is 4.85. The highest BCUT2D eigenvalue weighted by molar-refractivity contribution is 6.98. The molecular weight excluding hydrogens is 729 g/mol. The number of benzene rings is 7. The summed E-state index contributed by atoms with van der Waals surface area (Å²) in [6, 6.07) is 53.7. The fourth-order valence-electron chi connectivity index (χ4n) is 10.9. The molecule has 0 spiro atoms. The van der Waals surface area contributed by atoms with Crippen LogP contribution in [0, 0.1) is 13.8 Å². The molecule has 7 aromatic rings. The highest BCUT2D eigenvalue weighted by Crippen LogP contribution is 2.44. The fraction of sp³-hybridized carbons (Fsp3) is 0.250. The van der Waals surface area contributed by atoms with E-state index in [1.807, 2.05) is 0 Å². The van der Waals surface area contributed by atoms with E-state index in [1.165, 1.54) is 120 Å². The zero-order valence-corrected chi connectivity index (χ0v) is 34.9. The summed E-state index contributed by atoms with van der Waals surface area (Å²) in [6.07, 6.45) is 13.3. The lowest BCUT2D eigenvalue weighted by Crippen LogP contribution is -2.57. The van der Waals surface area contributed by atoms with Gasteiger partial charge in [0.25, 0.3) is 6.71 Å². The second-order valence-electron chi connectivity index (χ2n) is 17.8. The summed E-state index contributed by atoms with van der Waals surface area (Å²) in [4.78, 5) is 2.30. The molecule has 3 nitrogen and oxygen atoms in total. The number of aryl methyl sites for hydroxylation is 2. The quantitative estimate of drug-likeness (QED) is 0.150. The Morgan fingerprint density at radius 3 is 1.32 bits per heavy atom. The van der Waals surface area contributed by atoms with Crippen molar-refractivity contribution in [3.05, 3.63) is 168 Å². The van der Waals surface area contributed by atoms with Crippen molar-refractivity contribution in [1.29, 1.82) is 0 Å². The van der Waals surface area contributed by atoms with Gasteiger partial charge in [0.05, 0.1) is 5.69 Å². The van der Waals surface area contributed by atoms with Crippen molar-refractivity contribution in [3.63, 3.8) is 0 Å². The Kier molecular flexibility index (Phi) is 9.60. The van der Waals surface area contributed by atoms with Gasteiger partial charge in [0.1, 0.15) is 23.0 Å². The molecule has 2 fully saturated rings. The van der Waals surface area contributed by atoms with Gasteiger partial charge < -0.3 is 14.4 Å². The predicted molar refractivity (Wildman–Crippen MR) is 251 cm³/mol. The number of fused-ring (bicyclic) bond motifs is 4. The molecule has 0 unspecified atom stereocenters. The third-order valence-corrected chi connectivity index (χ3v) is 14.0. The minimum atomic E-state index is -0.0360. The topological polar surface area (TPSA) is 21.7 Å². The Morgan fingerprint density at radius 1 is 0.433 bits per heavy atom. The molecule has 60 heavy (non-hydrogen) atoms. The molecule has 296 valence electrons. The van der Waals surface area contributed by atoms with Crippen LogP contribution in [-0.4, -0.2) is 6.71 Å². The van der Waals surface area contributed by atoms with Crippen LogP contribution in [0.5, 0.6) is 23.0 Å². The third-order valence-electron chi connectivity index (χ3n) is 14.0. The fourth-order valence-corrected chi connectivity index (χ4v) is 10.9. The normalized spacial score (nSPS) is 15.9. The van der Waals surface area contributed by atoms with Crippen LogP contribution in [-0.2, 0) is 0 Å². The zero-order chi connectivity index (χ0) is 40.2. The van der Waals surface area contributed by atoms with E-state index in [4.69, 9.17) is 9.47 Å². The lowest BCUT2D eigenvalue weighted by molar-refractivity contribution is 0.443. The Hall–Kier alpha value is -6.00. The smallest absolute Gasteiger partial charge is 0.260 e. The number of ether oxygens (including phenoxy) is 2. The SMILES string of the molecule is Cc1cc(C2CCCCC2)ccc1-c1ccc2c(c1)Oc1cc(N(c3ccccc3)c3ccccc3)cc3c1B2c1ccc(-c2ccc(C4CCCCC4)cc2C)cc1O3. The van der Waals surface area contributed by atoms with Crippen LogP contribution in [0.2, 0.25) is 0 Å². The standard InChI is InChI=1S/C56H52BNO2/c1-37-31-41(39-15-7-3-8-16-39)23-27-48(37)43-25-29-50-52(33-43)59-54-35-47(58(45-19-11-5-12-20-45)46-21-13-6-14-22-46)36-55-56(54)57(50)51-30-26-44(34-53(51)60-55)49-28-24-42(32-38(49)2)40-17-9-4-10-18-40/h5-6,11-14,19-36,39-40H,3-4,7-10,15-18H2,1-2H3. The van der Waals surface area contributed by atoms with Crippen molar-refractivity contribution in [1.82, 2.24) is 0 Å². The molecule has 4 aliphatic rings. The third kappa shape index (κ3) is 6.71. The summed E-state index contributed by atoms with van der Waals surface area (Å²) in [6.45, 7) is 4.51. The van der Waals surface area contributed by atoms with Gasteiger partial charge in [0.2, 0.25) is 0 Å². The molecular formula is C56H52BNO2. The van der Waals surface area contributed by atoms with E-state index < -0.39 is 0 Å². The molecule has 2 aliphatic heterocycles. The molecule has 0 N–H and O–H groups in total. The summed E-state index contributed by atoms with van der Waals surface area (Å²) in [7, 11) is 0. The van der Waals surface area contributed by atoms with E-state index in [-0.39, 0.29) is 6.71 Å². The van der Waals surface area contributed by atoms with Gasteiger partial charge >= 0.3 is 0 Å². The number of nitrogens with zero attached hydrogens (tertiary/aromatic N) is 1. The molecule has 11 rings (SSSR count). The number of hydrogen-bond acceptors (Lipinski definition) is 3. The lowest BCUT2D eigenvalue weighted by atomic mass is 9.34. The van der Waals surface area contributed by atoms with Crippen LogP contribution in [0.15, 0.2) is 146 Å². The van der Waals surface area contributed by atoms with Crippen molar-refractivity contribution in [2.45, 2.75) is 89.9 Å². The van der Waals surface area contributed by atoms with E-state index in [9.17, 15) is 0 Å². The molecule has 2 saturated carbocycles. The first-order valence-electron chi connectivity index (χ1n) is 22.5. The van der Waals surface area contributed by atoms with Gasteiger partial charge in [-0.3, -0.25) is 0 Å². The Labute approximate surface area is 356 Å². The highest BCUT2D eigenvalue weighted by Gasteiger charge is 2.41. The van der Waals surface area contributed by atoms with Crippen molar-refractivity contribution in [2.24, 2.45) is 0 Å². The second kappa shape index (κ2) is 15.6. The molecule has 2 aliphatic carbocycles. The summed E-state index contributed by atoms with van der Waals surface area (Å²) in [5.41, 5.74) is 17.1. The maximum atomic E-state index is 7.09. The van der Waals surface area contributed by atoms with Gasteiger partial charge in [0.15, 0.2) is 0 Å². The molecule has 4 heteroatoms. The van der Waals surface area contributed by atoms with Crippen molar-refractivity contribution >= 4 is 40.2 Å². The van der Waals surface area contributed by atoms with Gasteiger partial charge in [-0.05, 0) is 143 Å². The average molecular weight is 782 g/mol. The van der Waals surface area contributed by atoms with E-state index >= 15 is 0 Å². The van der Waals surface area contributed by atoms with Gasteiger partial charge in [-0.2, -0.15) is 0 Å². The van der Waals surface area contributed by atoms with Gasteiger partial charge in [0, 0.05) is 29.0 Å². The molecule has 0 amide bonds. The number of anilines is 3. The van der Waals surface area contributed by atoms with Crippen LogP contribution in [0.4, 0.5) is 17.1 Å². The Bertz CT molecular complexity index is 2530. The van der Waals surface area contributed by atoms with Crippen LogP contribution < -0.4 is 30.8 Å². The maximum Gasteiger partial charge on any atom is 0.260 e. The van der Waals surface area contributed by atoms with E-state index in [0.717, 1.165) is 45.5 Å². The Morgan fingerprint density at radius 2 is 0.883 bits per heavy atom. The van der Waals surface area contributed by atoms with Gasteiger partial charge in [-0.25, -0.2) is 0 Å². The van der Waals surface area contributed by atoms with Crippen molar-refractivity contribution in [3.8, 4) is 45.3 Å². The minimum Gasteiger partial charge on any atom is -0.458 e. The second-order valence-corrected chi connectivity index (χ2v) is 17.8. The summed E-state index contributed by atoms with van der Waals surface area (Å²) >= 11 is 0. The van der Waals surface area contributed by atoms with Crippen molar-refractivity contribution in [2.75, 3.05) is 4.90 Å². The zero-order valence-electron chi connectivity index (χ0n) is 34.9. The van der Waals surface area contributed by atoms with Crippen LogP contribution in [0.3, 0.4) is 0 Å². The predicted octanol–water partition coefficient (Wildman–Crippen LogP) is 13.9. The Balaban J connectivity index is 1.03. The summed E-state index contributed by atoms with van der Waals surface area (Å²) in [5, 5.41) is 0. The molecule has 7 aromatic carbocycles. The van der Waals surface area contributed by atoms with Gasteiger partial charge in [-0.1, -0.05) is 136 Å². The molecule has 0 radical (unpaired) electrons. The number of rotatable bonds is 7. The van der Waals surface area contributed by atoms with E-state index in [0.29, 0.717) is 11.8 Å². The van der Waals surface area contributed by atoms with E-state index in [1.54, 1.807) is 0 Å². The first kappa shape index (κ1) is 37.0. The largest absolute Gasteiger partial charge is 0.458 e. The van der Waals surface area contributed by atoms with Crippen LogP contribution in [0.1, 0.15) is 98.3 Å². The van der Waals surface area contributed by atoms with Gasteiger partial charge in [-0.15, -0.1) is 0 Å². The summed E-state index contributed by atoms with van der Waals surface area (Å²) < 4.78 is 14.2. The maximum absolute atomic E-state index is 7.09. The molecule has 2 heterocycles. The lowest BCUT2D eigenvalue weighted by Gasteiger charge is -2.35. The molecule has 0 atom stereocenters. The van der Waals surface area contributed by atoms with Crippen molar-refractivity contribution < 1.29 is 9.47 Å².